The second kappa shape index (κ2) is 4.18. The van der Waals surface area contributed by atoms with Gasteiger partial charge >= 0.3 is 5.97 Å². The Morgan fingerprint density at radius 2 is 2.06 bits per heavy atom. The Kier molecular flexibility index (Phi) is 2.88. The van der Waals surface area contributed by atoms with Gasteiger partial charge in [-0.05, 0) is 19.9 Å². The van der Waals surface area contributed by atoms with Gasteiger partial charge in [0.05, 0.1) is 11.1 Å². The molecular weight excluding hydrogens is 226 g/mol. The van der Waals surface area contributed by atoms with Crippen LogP contribution in [-0.4, -0.2) is 17.1 Å². The number of hydrogen-bond acceptors (Lipinski definition) is 2. The van der Waals surface area contributed by atoms with Gasteiger partial charge in [0.1, 0.15) is 5.69 Å². The number of rotatable bonds is 2. The van der Waals surface area contributed by atoms with Crippen molar-refractivity contribution < 1.29 is 9.53 Å². The summed E-state index contributed by atoms with van der Waals surface area (Å²) in [5, 5.41) is 1.25. The minimum absolute atomic E-state index is 0.157. The third-order valence-electron chi connectivity index (χ3n) is 2.19. The van der Waals surface area contributed by atoms with Gasteiger partial charge in [0.25, 0.3) is 0 Å². The predicted octanol–water partition coefficient (Wildman–Crippen LogP) is 3.39. The van der Waals surface area contributed by atoms with E-state index in [9.17, 15) is 4.79 Å². The van der Waals surface area contributed by atoms with E-state index >= 15 is 0 Å². The molecule has 1 heterocycles. The highest BCUT2D eigenvalue weighted by atomic mass is 35.5. The van der Waals surface area contributed by atoms with Crippen molar-refractivity contribution in [1.29, 1.82) is 0 Å². The lowest BCUT2D eigenvalue weighted by atomic mass is 10.2. The van der Waals surface area contributed by atoms with Gasteiger partial charge in [-0.15, -0.1) is 0 Å². The summed E-state index contributed by atoms with van der Waals surface area (Å²) >= 11 is 6.10. The van der Waals surface area contributed by atoms with Crippen LogP contribution >= 0.6 is 11.6 Å². The molecule has 2 aromatic rings. The zero-order chi connectivity index (χ0) is 11.7. The highest BCUT2D eigenvalue weighted by molar-refractivity contribution is 6.38. The van der Waals surface area contributed by atoms with E-state index in [1.165, 1.54) is 0 Å². The lowest BCUT2D eigenvalue weighted by molar-refractivity contribution is 0.0372. The van der Waals surface area contributed by atoms with Crippen LogP contribution in [0.5, 0.6) is 0 Å². The van der Waals surface area contributed by atoms with Gasteiger partial charge < -0.3 is 9.72 Å². The Bertz CT molecular complexity index is 531. The lowest BCUT2D eigenvalue weighted by Gasteiger charge is -2.06. The molecule has 1 N–H and O–H groups in total. The summed E-state index contributed by atoms with van der Waals surface area (Å²) in [6.45, 7) is 3.60. The first kappa shape index (κ1) is 11.0. The number of para-hydroxylation sites is 1. The van der Waals surface area contributed by atoms with Crippen LogP contribution < -0.4 is 0 Å². The number of esters is 1. The Labute approximate surface area is 98.4 Å². The van der Waals surface area contributed by atoms with Crippen LogP contribution in [0.4, 0.5) is 0 Å². The van der Waals surface area contributed by atoms with Crippen molar-refractivity contribution >= 4 is 28.5 Å². The number of hydrogen-bond donors (Lipinski definition) is 1. The van der Waals surface area contributed by atoms with Gasteiger partial charge in [0.2, 0.25) is 0 Å². The Balaban J connectivity index is 2.45. The number of halogens is 1. The molecule has 0 atom stereocenters. The molecular formula is C12H12ClNO2. The van der Waals surface area contributed by atoms with Crippen molar-refractivity contribution in [2.45, 2.75) is 20.0 Å². The number of carbonyl (C=O) groups excluding carboxylic acids is 1. The number of carbonyl (C=O) groups is 1. The maximum atomic E-state index is 11.7. The highest BCUT2D eigenvalue weighted by Gasteiger charge is 2.18. The smallest absolute Gasteiger partial charge is 0.356 e. The zero-order valence-corrected chi connectivity index (χ0v) is 9.84. The number of H-pyrrole nitrogens is 1. The predicted molar refractivity (Wildman–Crippen MR) is 63.9 cm³/mol. The molecule has 1 aromatic carbocycles. The average molecular weight is 238 g/mol. The Morgan fingerprint density at radius 1 is 1.38 bits per heavy atom. The van der Waals surface area contributed by atoms with E-state index in [0.29, 0.717) is 10.7 Å². The number of fused-ring (bicyclic) bond motifs is 1. The number of aromatic amines is 1. The molecule has 0 saturated carbocycles. The molecule has 0 aliphatic heterocycles. The van der Waals surface area contributed by atoms with Crippen LogP contribution in [0.1, 0.15) is 24.3 Å². The van der Waals surface area contributed by atoms with Crippen molar-refractivity contribution in [3.63, 3.8) is 0 Å². The van der Waals surface area contributed by atoms with Gasteiger partial charge in [-0.3, -0.25) is 0 Å². The molecule has 0 amide bonds. The third kappa shape index (κ3) is 1.91. The molecule has 0 radical (unpaired) electrons. The summed E-state index contributed by atoms with van der Waals surface area (Å²) in [7, 11) is 0. The first-order valence-corrected chi connectivity index (χ1v) is 5.44. The molecule has 84 valence electrons. The first-order valence-electron chi connectivity index (χ1n) is 5.06. The quantitative estimate of drug-likeness (QED) is 0.814. The maximum Gasteiger partial charge on any atom is 0.356 e. The molecule has 2 rings (SSSR count). The minimum Gasteiger partial charge on any atom is -0.458 e. The largest absolute Gasteiger partial charge is 0.458 e. The molecule has 0 fully saturated rings. The summed E-state index contributed by atoms with van der Waals surface area (Å²) in [6.07, 6.45) is -0.157. The fourth-order valence-electron chi connectivity index (χ4n) is 1.52. The molecule has 0 saturated heterocycles. The van der Waals surface area contributed by atoms with Crippen LogP contribution in [0.25, 0.3) is 10.9 Å². The summed E-state index contributed by atoms with van der Waals surface area (Å²) < 4.78 is 5.09. The number of aromatic nitrogens is 1. The molecule has 0 aliphatic carbocycles. The van der Waals surface area contributed by atoms with Crippen molar-refractivity contribution in [3.8, 4) is 0 Å². The van der Waals surface area contributed by atoms with Crippen LogP contribution in [-0.2, 0) is 4.74 Å². The summed E-state index contributed by atoms with van der Waals surface area (Å²) in [4.78, 5) is 14.7. The van der Waals surface area contributed by atoms with Gasteiger partial charge in [-0.2, -0.15) is 0 Å². The Hall–Kier alpha value is -1.48. The molecule has 0 aliphatic rings. The first-order chi connectivity index (χ1) is 7.59. The number of ether oxygens (including phenoxy) is 1. The molecule has 0 spiro atoms. The SMILES string of the molecule is CC(C)OC(=O)c1[nH]c2ccccc2c1Cl. The molecule has 0 bridgehead atoms. The fourth-order valence-corrected chi connectivity index (χ4v) is 1.81. The van der Waals surface area contributed by atoms with Crippen molar-refractivity contribution in [3.05, 3.63) is 35.0 Å². The fraction of sp³-hybridized carbons (Fsp3) is 0.250. The average Bonchev–Trinajstić information content (AvgIpc) is 2.56. The highest BCUT2D eigenvalue weighted by Crippen LogP contribution is 2.27. The topological polar surface area (TPSA) is 42.1 Å². The van der Waals surface area contributed by atoms with Crippen LogP contribution in [0.3, 0.4) is 0 Å². The zero-order valence-electron chi connectivity index (χ0n) is 9.08. The van der Waals surface area contributed by atoms with Crippen molar-refractivity contribution in [1.82, 2.24) is 4.98 Å². The van der Waals surface area contributed by atoms with E-state index in [2.05, 4.69) is 4.98 Å². The van der Waals surface area contributed by atoms with Crippen molar-refractivity contribution in [2.24, 2.45) is 0 Å². The summed E-state index contributed by atoms with van der Waals surface area (Å²) in [6, 6.07) is 7.49. The van der Waals surface area contributed by atoms with Gasteiger partial charge in [0.15, 0.2) is 0 Å². The normalized spacial score (nSPS) is 11.0. The molecule has 3 nitrogen and oxygen atoms in total. The van der Waals surface area contributed by atoms with E-state index in [-0.39, 0.29) is 6.10 Å². The van der Waals surface area contributed by atoms with Gasteiger partial charge in [-0.1, -0.05) is 29.8 Å². The maximum absolute atomic E-state index is 11.7. The third-order valence-corrected chi connectivity index (χ3v) is 2.58. The second-order valence-corrected chi connectivity index (χ2v) is 4.19. The van der Waals surface area contributed by atoms with E-state index < -0.39 is 5.97 Å². The molecule has 16 heavy (non-hydrogen) atoms. The molecule has 0 unspecified atom stereocenters. The van der Waals surface area contributed by atoms with E-state index in [1.54, 1.807) is 13.8 Å². The number of nitrogens with one attached hydrogen (secondary N) is 1. The molecule has 1 aromatic heterocycles. The van der Waals surface area contributed by atoms with Crippen LogP contribution in [0.15, 0.2) is 24.3 Å². The lowest BCUT2D eigenvalue weighted by Crippen LogP contribution is -2.12. The van der Waals surface area contributed by atoms with Gasteiger partial charge in [-0.25, -0.2) is 4.79 Å². The van der Waals surface area contributed by atoms with E-state index in [0.717, 1.165) is 10.9 Å². The minimum atomic E-state index is -0.420. The summed E-state index contributed by atoms with van der Waals surface area (Å²) in [5.74, 6) is -0.420. The Morgan fingerprint density at radius 3 is 2.69 bits per heavy atom. The van der Waals surface area contributed by atoms with Crippen LogP contribution in [0, 0.1) is 0 Å². The van der Waals surface area contributed by atoms with Crippen LogP contribution in [0.2, 0.25) is 5.02 Å². The standard InChI is InChI=1S/C12H12ClNO2/c1-7(2)16-12(15)11-10(13)8-5-3-4-6-9(8)14-11/h3-7,14H,1-2H3. The molecule has 4 heteroatoms. The second-order valence-electron chi connectivity index (χ2n) is 3.81. The number of benzene rings is 1. The van der Waals surface area contributed by atoms with E-state index in [1.807, 2.05) is 24.3 Å². The van der Waals surface area contributed by atoms with Crippen molar-refractivity contribution in [2.75, 3.05) is 0 Å². The van der Waals surface area contributed by atoms with Gasteiger partial charge in [0, 0.05) is 10.9 Å². The summed E-state index contributed by atoms with van der Waals surface area (Å²) in [5.41, 5.74) is 1.15. The monoisotopic (exact) mass is 237 g/mol. The van der Waals surface area contributed by atoms with E-state index in [4.69, 9.17) is 16.3 Å².